The Labute approximate surface area is 149 Å². The van der Waals surface area contributed by atoms with Gasteiger partial charge in [0, 0.05) is 30.1 Å². The second-order valence-corrected chi connectivity index (χ2v) is 7.38. The molecule has 2 aromatic carbocycles. The van der Waals surface area contributed by atoms with Gasteiger partial charge in [0.1, 0.15) is 11.5 Å². The summed E-state index contributed by atoms with van der Waals surface area (Å²) in [4.78, 5) is 0. The van der Waals surface area contributed by atoms with Gasteiger partial charge in [-0.15, -0.1) is 0 Å². The van der Waals surface area contributed by atoms with Crippen LogP contribution in [-0.2, 0) is 0 Å². The summed E-state index contributed by atoms with van der Waals surface area (Å²) in [7, 11) is 1.69. The number of hydrogen-bond acceptors (Lipinski definition) is 2. The van der Waals surface area contributed by atoms with Gasteiger partial charge in [0.25, 0.3) is 0 Å². The van der Waals surface area contributed by atoms with Crippen LogP contribution in [0.25, 0.3) is 11.1 Å². The molecule has 0 amide bonds. The van der Waals surface area contributed by atoms with E-state index in [1.165, 1.54) is 0 Å². The fourth-order valence-electron chi connectivity index (χ4n) is 2.49. The third-order valence-electron chi connectivity index (χ3n) is 3.65. The lowest BCUT2D eigenvalue weighted by atomic mass is 9.93. The van der Waals surface area contributed by atoms with Gasteiger partial charge >= 0.3 is 0 Å². The van der Waals surface area contributed by atoms with Crippen LogP contribution in [0.2, 0.25) is 0 Å². The maximum Gasteiger partial charge on any atom is 0.126 e. The molecule has 112 valence electrons. The van der Waals surface area contributed by atoms with Crippen LogP contribution in [0.5, 0.6) is 11.5 Å². The van der Waals surface area contributed by atoms with Gasteiger partial charge in [-0.3, -0.25) is 0 Å². The molecule has 0 spiro atoms. The third-order valence-corrected chi connectivity index (χ3v) is 5.89. The Morgan fingerprint density at radius 3 is 1.86 bits per heavy atom. The van der Waals surface area contributed by atoms with E-state index < -0.39 is 0 Å². The van der Waals surface area contributed by atoms with Crippen molar-refractivity contribution in [1.82, 2.24) is 0 Å². The van der Waals surface area contributed by atoms with E-state index in [4.69, 9.17) is 4.74 Å². The minimum atomic E-state index is 0.216. The SMILES string of the molecule is COc1c(C)c(C)c(-c2c(Br)cc(O)cc2Br)c(Br)c1C. The van der Waals surface area contributed by atoms with Crippen LogP contribution >= 0.6 is 47.8 Å². The molecule has 0 atom stereocenters. The van der Waals surface area contributed by atoms with Crippen LogP contribution in [0, 0.1) is 20.8 Å². The Kier molecular flexibility index (Phi) is 5.06. The zero-order valence-electron chi connectivity index (χ0n) is 12.1. The van der Waals surface area contributed by atoms with Gasteiger partial charge in [-0.1, -0.05) is 0 Å². The van der Waals surface area contributed by atoms with Crippen molar-refractivity contribution in [2.75, 3.05) is 7.11 Å². The number of benzene rings is 2. The molecule has 0 aliphatic carbocycles. The zero-order valence-corrected chi connectivity index (χ0v) is 16.9. The summed E-state index contributed by atoms with van der Waals surface area (Å²) in [5.41, 5.74) is 5.40. The van der Waals surface area contributed by atoms with E-state index in [9.17, 15) is 5.11 Å². The first-order valence-electron chi connectivity index (χ1n) is 6.31. The molecule has 2 nitrogen and oxygen atoms in total. The summed E-state index contributed by atoms with van der Waals surface area (Å²) in [5.74, 6) is 1.11. The number of halogens is 3. The van der Waals surface area contributed by atoms with E-state index in [0.29, 0.717) is 0 Å². The summed E-state index contributed by atoms with van der Waals surface area (Å²) >= 11 is 10.8. The highest BCUT2D eigenvalue weighted by Crippen LogP contribution is 2.47. The molecule has 0 bridgehead atoms. The number of phenols is 1. The number of rotatable bonds is 2. The number of phenolic OH excluding ortho intramolecular Hbond substituents is 1. The topological polar surface area (TPSA) is 29.5 Å². The van der Waals surface area contributed by atoms with Gasteiger partial charge in [-0.25, -0.2) is 0 Å². The molecule has 0 aliphatic rings. The lowest BCUT2D eigenvalue weighted by molar-refractivity contribution is 0.408. The van der Waals surface area contributed by atoms with Crippen LogP contribution in [0.1, 0.15) is 16.7 Å². The predicted molar refractivity (Wildman–Crippen MR) is 97.4 cm³/mol. The van der Waals surface area contributed by atoms with Gasteiger partial charge in [-0.2, -0.15) is 0 Å². The monoisotopic (exact) mass is 476 g/mol. The Morgan fingerprint density at radius 1 is 0.857 bits per heavy atom. The molecule has 0 saturated heterocycles. The predicted octanol–water partition coefficient (Wildman–Crippen LogP) is 6.28. The molecule has 2 aromatic rings. The minimum absolute atomic E-state index is 0.216. The summed E-state index contributed by atoms with van der Waals surface area (Å²) in [6, 6.07) is 3.39. The lowest BCUT2D eigenvalue weighted by Gasteiger charge is -2.20. The second-order valence-electron chi connectivity index (χ2n) is 4.88. The Hall–Kier alpha value is -0.520. The third kappa shape index (κ3) is 2.88. The highest BCUT2D eigenvalue weighted by atomic mass is 79.9. The Bertz CT molecular complexity index is 672. The van der Waals surface area contributed by atoms with Gasteiger partial charge < -0.3 is 9.84 Å². The molecule has 21 heavy (non-hydrogen) atoms. The largest absolute Gasteiger partial charge is 0.508 e. The van der Waals surface area contributed by atoms with Crippen LogP contribution in [0.3, 0.4) is 0 Å². The smallest absolute Gasteiger partial charge is 0.126 e. The van der Waals surface area contributed by atoms with Crippen molar-refractivity contribution in [3.63, 3.8) is 0 Å². The molecule has 0 fully saturated rings. The number of ether oxygens (including phenoxy) is 1. The highest BCUT2D eigenvalue weighted by molar-refractivity contribution is 9.11. The van der Waals surface area contributed by atoms with Crippen molar-refractivity contribution in [2.45, 2.75) is 20.8 Å². The average molecular weight is 479 g/mol. The lowest BCUT2D eigenvalue weighted by Crippen LogP contribution is -1.99. The fourth-order valence-corrected chi connectivity index (χ4v) is 4.73. The summed E-state index contributed by atoms with van der Waals surface area (Å²) in [6.07, 6.45) is 0. The van der Waals surface area contributed by atoms with E-state index in [1.807, 2.05) is 6.92 Å². The zero-order chi connectivity index (χ0) is 15.9. The first-order chi connectivity index (χ1) is 9.79. The minimum Gasteiger partial charge on any atom is -0.508 e. The summed E-state index contributed by atoms with van der Waals surface area (Å²) in [6.45, 7) is 6.16. The van der Waals surface area contributed by atoms with Crippen molar-refractivity contribution in [3.05, 3.63) is 42.2 Å². The molecule has 0 aliphatic heterocycles. The number of aromatic hydroxyl groups is 1. The summed E-state index contributed by atoms with van der Waals surface area (Å²) in [5, 5.41) is 9.70. The molecular weight excluding hydrogens is 464 g/mol. The van der Waals surface area contributed by atoms with Crippen LogP contribution in [0.4, 0.5) is 0 Å². The van der Waals surface area contributed by atoms with Gasteiger partial charge in [0.15, 0.2) is 0 Å². The molecule has 0 heterocycles. The molecule has 0 unspecified atom stereocenters. The highest BCUT2D eigenvalue weighted by Gasteiger charge is 2.21. The first-order valence-corrected chi connectivity index (χ1v) is 8.69. The fraction of sp³-hybridized carbons (Fsp3) is 0.250. The van der Waals surface area contributed by atoms with Gasteiger partial charge in [0.2, 0.25) is 0 Å². The van der Waals surface area contributed by atoms with Crippen molar-refractivity contribution < 1.29 is 9.84 Å². The van der Waals surface area contributed by atoms with Gasteiger partial charge in [0.05, 0.1) is 7.11 Å². The van der Waals surface area contributed by atoms with Crippen molar-refractivity contribution in [2.24, 2.45) is 0 Å². The standard InChI is InChI=1S/C16H15Br3O2/c1-7-8(2)16(21-4)9(3)15(19)13(7)14-11(17)5-10(20)6-12(14)18/h5-6,20H,1-4H3. The molecular formula is C16H15Br3O2. The van der Waals surface area contributed by atoms with Crippen molar-refractivity contribution in [1.29, 1.82) is 0 Å². The van der Waals surface area contributed by atoms with Crippen LogP contribution in [-0.4, -0.2) is 12.2 Å². The van der Waals surface area contributed by atoms with E-state index in [-0.39, 0.29) is 5.75 Å². The molecule has 0 aromatic heterocycles. The van der Waals surface area contributed by atoms with E-state index >= 15 is 0 Å². The average Bonchev–Trinajstić information content (AvgIpc) is 2.40. The quantitative estimate of drug-likeness (QED) is 0.550. The van der Waals surface area contributed by atoms with Crippen LogP contribution in [0.15, 0.2) is 25.6 Å². The van der Waals surface area contributed by atoms with Crippen molar-refractivity contribution in [3.8, 4) is 22.6 Å². The normalized spacial score (nSPS) is 10.8. The maximum atomic E-state index is 9.70. The first kappa shape index (κ1) is 16.8. The number of methoxy groups -OCH3 is 1. The van der Waals surface area contributed by atoms with Crippen LogP contribution < -0.4 is 4.74 Å². The molecule has 0 saturated carbocycles. The van der Waals surface area contributed by atoms with E-state index in [0.717, 1.165) is 47.0 Å². The molecule has 2 rings (SSSR count). The van der Waals surface area contributed by atoms with E-state index in [2.05, 4.69) is 61.6 Å². The summed E-state index contributed by atoms with van der Waals surface area (Å²) < 4.78 is 8.18. The van der Waals surface area contributed by atoms with Gasteiger partial charge in [-0.05, 0) is 91.8 Å². The van der Waals surface area contributed by atoms with E-state index in [1.54, 1.807) is 19.2 Å². The number of hydrogen-bond donors (Lipinski definition) is 1. The molecule has 5 heteroatoms. The second kappa shape index (κ2) is 6.31. The molecule has 1 N–H and O–H groups in total. The molecule has 0 radical (unpaired) electrons. The van der Waals surface area contributed by atoms with Crippen molar-refractivity contribution >= 4 is 47.8 Å². The Balaban J connectivity index is 2.89. The Morgan fingerprint density at radius 2 is 1.38 bits per heavy atom. The maximum absolute atomic E-state index is 9.70.